The third kappa shape index (κ3) is 4.26. The Hall–Kier alpha value is -2.68. The van der Waals surface area contributed by atoms with Crippen molar-refractivity contribution < 1.29 is 13.6 Å². The summed E-state index contributed by atoms with van der Waals surface area (Å²) < 4.78 is 27.9. The summed E-state index contributed by atoms with van der Waals surface area (Å²) in [5, 5.41) is -0.198. The minimum absolute atomic E-state index is 0.0105. The van der Waals surface area contributed by atoms with Gasteiger partial charge in [-0.1, -0.05) is 43.4 Å². The Kier molecular flexibility index (Phi) is 5.90. The number of thiazole rings is 1. The van der Waals surface area contributed by atoms with Gasteiger partial charge in [-0.3, -0.25) is 9.59 Å². The molecule has 4 rings (SSSR count). The molecule has 1 saturated carbocycles. The van der Waals surface area contributed by atoms with E-state index in [1.54, 1.807) is 0 Å². The summed E-state index contributed by atoms with van der Waals surface area (Å²) in [4.78, 5) is 45.5. The summed E-state index contributed by atoms with van der Waals surface area (Å²) in [5.74, 6) is -0.778. The smallest absolute Gasteiger partial charge is 0.307 e. The molecule has 1 N–H and O–H groups in total. The zero-order chi connectivity index (χ0) is 21.3. The number of fused-ring (bicyclic) bond motifs is 1. The first-order chi connectivity index (χ1) is 14.4. The van der Waals surface area contributed by atoms with E-state index in [0.29, 0.717) is 11.4 Å². The maximum absolute atomic E-state index is 13.7. The highest BCUT2D eigenvalue weighted by atomic mass is 32.1. The van der Waals surface area contributed by atoms with Crippen molar-refractivity contribution in [1.29, 1.82) is 0 Å². The lowest BCUT2D eigenvalue weighted by Gasteiger charge is -2.26. The van der Waals surface area contributed by atoms with Gasteiger partial charge >= 0.3 is 5.69 Å². The molecule has 0 aliphatic heterocycles. The quantitative estimate of drug-likeness (QED) is 0.642. The molecule has 30 heavy (non-hydrogen) atoms. The Morgan fingerprint density at radius 2 is 2.00 bits per heavy atom. The van der Waals surface area contributed by atoms with Crippen LogP contribution in [0.4, 0.5) is 8.78 Å². The van der Waals surface area contributed by atoms with Gasteiger partial charge in [-0.2, -0.15) is 4.39 Å². The molecule has 0 bridgehead atoms. The topological polar surface area (TPSA) is 84.8 Å². The van der Waals surface area contributed by atoms with Gasteiger partial charge in [0.1, 0.15) is 16.9 Å². The standard InChI is InChI=1S/C21H21F2N3O3S/c22-13-6-7-15-14(9-13)20(28)26(21(29)25-15)16(8-12-4-2-1-3-5-12)17(27)10-19-24-11-18(23)30-19/h6-7,9,11-12,16H,1-5,8,10H2,(H,25,29). The van der Waals surface area contributed by atoms with Gasteiger partial charge in [0.25, 0.3) is 5.56 Å². The number of aromatic amines is 1. The van der Waals surface area contributed by atoms with Crippen molar-refractivity contribution in [3.8, 4) is 0 Å². The molecule has 0 spiro atoms. The number of hydrogen-bond acceptors (Lipinski definition) is 5. The number of aromatic nitrogens is 3. The first-order valence-corrected chi connectivity index (χ1v) is 10.8. The molecule has 1 atom stereocenters. The zero-order valence-electron chi connectivity index (χ0n) is 16.2. The van der Waals surface area contributed by atoms with Crippen LogP contribution in [0.25, 0.3) is 10.9 Å². The monoisotopic (exact) mass is 433 g/mol. The van der Waals surface area contributed by atoms with Gasteiger partial charge in [-0.15, -0.1) is 0 Å². The molecule has 1 aliphatic rings. The summed E-state index contributed by atoms with van der Waals surface area (Å²) >= 11 is 0.766. The van der Waals surface area contributed by atoms with Gasteiger partial charge in [-0.25, -0.2) is 18.7 Å². The summed E-state index contributed by atoms with van der Waals surface area (Å²) in [7, 11) is 0. The number of nitrogens with zero attached hydrogens (tertiary/aromatic N) is 2. The van der Waals surface area contributed by atoms with Crippen LogP contribution in [-0.2, 0) is 11.2 Å². The van der Waals surface area contributed by atoms with Gasteiger partial charge < -0.3 is 4.98 Å². The molecule has 0 amide bonds. The van der Waals surface area contributed by atoms with Crippen LogP contribution >= 0.6 is 11.3 Å². The van der Waals surface area contributed by atoms with Crippen LogP contribution in [-0.4, -0.2) is 20.3 Å². The number of Topliss-reactive ketones (excluding diaryl/α,β-unsaturated/α-hetero) is 1. The fraction of sp³-hybridized carbons (Fsp3) is 0.429. The van der Waals surface area contributed by atoms with E-state index < -0.39 is 28.2 Å². The molecule has 6 nitrogen and oxygen atoms in total. The molecule has 2 aromatic heterocycles. The average Bonchev–Trinajstić information content (AvgIpc) is 3.13. The first kappa shape index (κ1) is 20.6. The van der Waals surface area contributed by atoms with E-state index in [2.05, 4.69) is 9.97 Å². The Bertz CT molecular complexity index is 1190. The number of benzene rings is 1. The van der Waals surface area contributed by atoms with E-state index in [-0.39, 0.29) is 29.0 Å². The van der Waals surface area contributed by atoms with Crippen molar-refractivity contribution in [2.24, 2.45) is 5.92 Å². The van der Waals surface area contributed by atoms with Crippen molar-refractivity contribution in [2.45, 2.75) is 51.0 Å². The van der Waals surface area contributed by atoms with Crippen molar-refractivity contribution in [1.82, 2.24) is 14.5 Å². The minimum Gasteiger partial charge on any atom is -0.307 e. The molecule has 1 aliphatic carbocycles. The van der Waals surface area contributed by atoms with Crippen LogP contribution in [0.5, 0.6) is 0 Å². The van der Waals surface area contributed by atoms with Crippen molar-refractivity contribution in [3.63, 3.8) is 0 Å². The predicted molar refractivity (Wildman–Crippen MR) is 110 cm³/mol. The molecule has 9 heteroatoms. The van der Waals surface area contributed by atoms with Gasteiger partial charge in [0.15, 0.2) is 10.9 Å². The Morgan fingerprint density at radius 1 is 1.23 bits per heavy atom. The number of halogens is 2. The van der Waals surface area contributed by atoms with E-state index in [4.69, 9.17) is 0 Å². The lowest BCUT2D eigenvalue weighted by Crippen LogP contribution is -2.42. The molecular weight excluding hydrogens is 412 g/mol. The van der Waals surface area contributed by atoms with E-state index in [1.165, 1.54) is 6.07 Å². The highest BCUT2D eigenvalue weighted by Gasteiger charge is 2.29. The van der Waals surface area contributed by atoms with Gasteiger partial charge in [0.2, 0.25) is 0 Å². The van der Waals surface area contributed by atoms with Crippen LogP contribution in [0.15, 0.2) is 34.0 Å². The highest BCUT2D eigenvalue weighted by molar-refractivity contribution is 7.10. The Morgan fingerprint density at radius 3 is 2.70 bits per heavy atom. The molecule has 0 saturated heterocycles. The van der Waals surface area contributed by atoms with Crippen LogP contribution < -0.4 is 11.2 Å². The molecule has 158 valence electrons. The number of hydrogen-bond donors (Lipinski definition) is 1. The lowest BCUT2D eigenvalue weighted by molar-refractivity contribution is -0.122. The van der Waals surface area contributed by atoms with Gasteiger partial charge in [0.05, 0.1) is 23.5 Å². The fourth-order valence-electron chi connectivity index (χ4n) is 4.24. The van der Waals surface area contributed by atoms with E-state index in [0.717, 1.165) is 66.3 Å². The molecule has 1 aromatic carbocycles. The summed E-state index contributed by atoms with van der Waals surface area (Å²) in [6, 6.07) is 2.53. The maximum Gasteiger partial charge on any atom is 0.329 e. The Labute approximate surface area is 174 Å². The van der Waals surface area contributed by atoms with Crippen molar-refractivity contribution in [3.05, 3.63) is 61.2 Å². The van der Waals surface area contributed by atoms with E-state index in [9.17, 15) is 23.2 Å². The number of rotatable bonds is 6. The SMILES string of the molecule is O=C(Cc1ncc(F)s1)C(CC1CCCCC1)n1c(=O)[nH]c2ccc(F)cc2c1=O. The zero-order valence-corrected chi connectivity index (χ0v) is 17.0. The third-order valence-corrected chi connectivity index (χ3v) is 6.49. The van der Waals surface area contributed by atoms with Crippen LogP contribution in [0.2, 0.25) is 0 Å². The number of carbonyl (C=O) groups excluding carboxylic acids is 1. The molecule has 0 radical (unpaired) electrons. The average molecular weight is 433 g/mol. The molecule has 2 heterocycles. The highest BCUT2D eigenvalue weighted by Crippen LogP contribution is 2.31. The lowest BCUT2D eigenvalue weighted by atomic mass is 9.83. The second kappa shape index (κ2) is 8.59. The van der Waals surface area contributed by atoms with Crippen LogP contribution in [0.1, 0.15) is 49.6 Å². The van der Waals surface area contributed by atoms with Gasteiger partial charge in [0, 0.05) is 0 Å². The van der Waals surface area contributed by atoms with Crippen LogP contribution in [0, 0.1) is 16.9 Å². The Balaban J connectivity index is 1.77. The number of carbonyl (C=O) groups is 1. The molecule has 1 unspecified atom stereocenters. The minimum atomic E-state index is -1.01. The summed E-state index contributed by atoms with van der Waals surface area (Å²) in [5.41, 5.74) is -1.19. The third-order valence-electron chi connectivity index (χ3n) is 5.71. The molecule has 1 fully saturated rings. The number of ketones is 1. The molecular formula is C21H21F2N3O3S. The molecule has 3 aromatic rings. The van der Waals surface area contributed by atoms with Crippen molar-refractivity contribution in [2.75, 3.05) is 0 Å². The summed E-state index contributed by atoms with van der Waals surface area (Å²) in [6.45, 7) is 0. The second-order valence-corrected chi connectivity index (χ2v) is 8.82. The van der Waals surface area contributed by atoms with Crippen LogP contribution in [0.3, 0.4) is 0 Å². The first-order valence-electron chi connectivity index (χ1n) is 9.99. The maximum atomic E-state index is 13.7. The number of H-pyrrole nitrogens is 1. The van der Waals surface area contributed by atoms with Gasteiger partial charge in [-0.05, 0) is 30.5 Å². The van der Waals surface area contributed by atoms with E-state index >= 15 is 0 Å². The normalized spacial score (nSPS) is 16.1. The largest absolute Gasteiger partial charge is 0.329 e. The summed E-state index contributed by atoms with van der Waals surface area (Å²) in [6.07, 6.45) is 6.27. The predicted octanol–water partition coefficient (Wildman–Crippen LogP) is 3.75. The second-order valence-electron chi connectivity index (χ2n) is 7.75. The van der Waals surface area contributed by atoms with E-state index in [1.807, 2.05) is 0 Å². The van der Waals surface area contributed by atoms with Crippen molar-refractivity contribution >= 4 is 28.0 Å². The fourth-order valence-corrected chi connectivity index (χ4v) is 4.89. The number of nitrogens with one attached hydrogen (secondary N) is 1.